The molecular weight excluding hydrogens is 414 g/mol. The van der Waals surface area contributed by atoms with Crippen molar-refractivity contribution in [3.05, 3.63) is 74.5 Å². The molecule has 0 fully saturated rings. The van der Waals surface area contributed by atoms with Gasteiger partial charge in [-0.05, 0) is 39.0 Å². The Balaban J connectivity index is 0.000000614. The van der Waals surface area contributed by atoms with Crippen LogP contribution >= 0.6 is 11.6 Å². The fraction of sp³-hybridized carbons (Fsp3) is 0.458. The second-order valence-electron chi connectivity index (χ2n) is 8.33. The first-order valence-electron chi connectivity index (χ1n) is 10.6. The zero-order chi connectivity index (χ0) is 23.1. The van der Waals surface area contributed by atoms with Crippen LogP contribution in [0.25, 0.3) is 0 Å². The number of carbonyl (C=O) groups is 1. The van der Waals surface area contributed by atoms with E-state index in [1.54, 1.807) is 12.1 Å². The number of nitrogens with one attached hydrogen (secondary N) is 1. The molecule has 0 radical (unpaired) electrons. The highest BCUT2D eigenvalue weighted by Crippen LogP contribution is 2.42. The third kappa shape index (κ3) is 6.28. The molecule has 1 aromatic rings. The summed E-state index contributed by atoms with van der Waals surface area (Å²) in [5.41, 5.74) is 3.43. The van der Waals surface area contributed by atoms with Crippen molar-refractivity contribution < 1.29 is 9.72 Å². The Labute approximate surface area is 189 Å². The predicted octanol–water partition coefficient (Wildman–Crippen LogP) is 5.20. The van der Waals surface area contributed by atoms with Crippen molar-refractivity contribution in [2.75, 3.05) is 7.05 Å². The number of benzene rings is 1. The molecule has 168 valence electrons. The Kier molecular flexibility index (Phi) is 9.01. The first kappa shape index (κ1) is 24.8. The summed E-state index contributed by atoms with van der Waals surface area (Å²) in [4.78, 5) is 22.8. The molecule has 1 aliphatic carbocycles. The number of carbonyl (C=O) groups excluding carboxylic acids is 1. The maximum absolute atomic E-state index is 11.4. The smallest absolute Gasteiger partial charge is 0.274 e. The lowest BCUT2D eigenvalue weighted by Gasteiger charge is -2.30. The van der Waals surface area contributed by atoms with Crippen LogP contribution in [0.15, 0.2) is 58.8 Å². The van der Waals surface area contributed by atoms with Crippen molar-refractivity contribution >= 4 is 23.6 Å². The lowest BCUT2D eigenvalue weighted by Crippen LogP contribution is -2.32. The monoisotopic (exact) mass is 445 g/mol. The van der Waals surface area contributed by atoms with Gasteiger partial charge in [-0.15, -0.1) is 0 Å². The average molecular weight is 446 g/mol. The van der Waals surface area contributed by atoms with Gasteiger partial charge in [-0.25, -0.2) is 0 Å². The number of hydrogen-bond acceptors (Lipinski definition) is 5. The molecule has 3 atom stereocenters. The summed E-state index contributed by atoms with van der Waals surface area (Å²) < 4.78 is 0. The zero-order valence-electron chi connectivity index (χ0n) is 18.8. The SMILES string of the molecule is CC(C)C=O.CNC(C)CC1=C(C)N(Cc2ccccc2[N+](=O)[O-])C2C=CC(Cl)=CC12. The molecule has 0 bridgehead atoms. The topological polar surface area (TPSA) is 75.5 Å². The van der Waals surface area contributed by atoms with Crippen LogP contribution in [0.3, 0.4) is 0 Å². The van der Waals surface area contributed by atoms with Crippen LogP contribution in [0.1, 0.15) is 39.7 Å². The summed E-state index contributed by atoms with van der Waals surface area (Å²) >= 11 is 6.27. The van der Waals surface area contributed by atoms with Crippen molar-refractivity contribution in [1.29, 1.82) is 0 Å². The van der Waals surface area contributed by atoms with Crippen LogP contribution in [-0.4, -0.2) is 35.2 Å². The van der Waals surface area contributed by atoms with E-state index < -0.39 is 0 Å². The molecule has 0 aromatic heterocycles. The van der Waals surface area contributed by atoms with Gasteiger partial charge in [-0.2, -0.15) is 0 Å². The van der Waals surface area contributed by atoms with E-state index in [1.807, 2.05) is 39.1 Å². The molecule has 1 aliphatic heterocycles. The highest BCUT2D eigenvalue weighted by atomic mass is 35.5. The molecule has 6 nitrogen and oxygen atoms in total. The van der Waals surface area contributed by atoms with Crippen molar-refractivity contribution in [3.8, 4) is 0 Å². The van der Waals surface area contributed by atoms with E-state index in [0.29, 0.717) is 12.6 Å². The zero-order valence-corrected chi connectivity index (χ0v) is 19.6. The van der Waals surface area contributed by atoms with Crippen LogP contribution in [0.2, 0.25) is 0 Å². The van der Waals surface area contributed by atoms with Crippen molar-refractivity contribution in [3.63, 3.8) is 0 Å². The third-order valence-corrected chi connectivity index (χ3v) is 5.89. The number of rotatable bonds is 7. The fourth-order valence-corrected chi connectivity index (χ4v) is 4.04. The molecule has 7 heteroatoms. The van der Waals surface area contributed by atoms with Crippen molar-refractivity contribution in [2.24, 2.45) is 11.8 Å². The van der Waals surface area contributed by atoms with Crippen LogP contribution in [0.5, 0.6) is 0 Å². The Morgan fingerprint density at radius 2 is 1.94 bits per heavy atom. The molecule has 1 N–H and O–H groups in total. The van der Waals surface area contributed by atoms with E-state index in [9.17, 15) is 14.9 Å². The fourth-order valence-electron chi connectivity index (χ4n) is 3.84. The van der Waals surface area contributed by atoms with Crippen LogP contribution < -0.4 is 5.32 Å². The number of halogens is 1. The van der Waals surface area contributed by atoms with Gasteiger partial charge in [0.1, 0.15) is 6.29 Å². The van der Waals surface area contributed by atoms with E-state index in [2.05, 4.69) is 36.2 Å². The number of nitrogens with zero attached hydrogens (tertiary/aromatic N) is 2. The molecule has 31 heavy (non-hydrogen) atoms. The van der Waals surface area contributed by atoms with Gasteiger partial charge < -0.3 is 15.0 Å². The van der Waals surface area contributed by atoms with Gasteiger partial charge in [0, 0.05) is 40.2 Å². The van der Waals surface area contributed by atoms with E-state index in [0.717, 1.165) is 23.3 Å². The molecule has 0 spiro atoms. The maximum Gasteiger partial charge on any atom is 0.274 e. The lowest BCUT2D eigenvalue weighted by atomic mass is 9.87. The van der Waals surface area contributed by atoms with E-state index in [4.69, 9.17) is 11.6 Å². The molecule has 2 aliphatic rings. The van der Waals surface area contributed by atoms with E-state index >= 15 is 0 Å². The minimum Gasteiger partial charge on any atom is -0.363 e. The lowest BCUT2D eigenvalue weighted by molar-refractivity contribution is -0.385. The molecule has 3 unspecified atom stereocenters. The number of nitro groups is 1. The molecule has 0 saturated carbocycles. The minimum atomic E-state index is -0.306. The summed E-state index contributed by atoms with van der Waals surface area (Å²) in [5.74, 6) is 0.418. The summed E-state index contributed by atoms with van der Waals surface area (Å²) in [7, 11) is 1.96. The van der Waals surface area contributed by atoms with E-state index in [1.165, 1.54) is 11.3 Å². The van der Waals surface area contributed by atoms with Gasteiger partial charge >= 0.3 is 0 Å². The predicted molar refractivity (Wildman–Crippen MR) is 126 cm³/mol. The number of para-hydroxylation sites is 1. The maximum atomic E-state index is 11.4. The summed E-state index contributed by atoms with van der Waals surface area (Å²) in [6.45, 7) is 8.49. The first-order chi connectivity index (χ1) is 14.7. The first-order valence-corrected chi connectivity index (χ1v) is 10.9. The number of hydrogen-bond donors (Lipinski definition) is 1. The normalized spacial score (nSPS) is 20.7. The van der Waals surface area contributed by atoms with Crippen LogP contribution in [0, 0.1) is 22.0 Å². The Morgan fingerprint density at radius 1 is 1.29 bits per heavy atom. The van der Waals surface area contributed by atoms with Crippen molar-refractivity contribution in [2.45, 2.75) is 52.7 Å². The van der Waals surface area contributed by atoms with Gasteiger partial charge in [-0.3, -0.25) is 10.1 Å². The molecular formula is C24H32ClN3O3. The Morgan fingerprint density at radius 3 is 2.52 bits per heavy atom. The largest absolute Gasteiger partial charge is 0.363 e. The minimum absolute atomic E-state index is 0.149. The number of nitro benzene ring substituents is 1. The molecule has 0 amide bonds. The number of fused-ring (bicyclic) bond motifs is 1. The quantitative estimate of drug-likeness (QED) is 0.354. The molecule has 1 aromatic carbocycles. The highest BCUT2D eigenvalue weighted by molar-refractivity contribution is 6.31. The van der Waals surface area contributed by atoms with Crippen LogP contribution in [-0.2, 0) is 11.3 Å². The standard InChI is InChI=1S/C20H24ClN3O2.C4H8O/c1-13(22-3)10-17-14(2)23(20-9-8-16(21)11-18(17)20)12-15-6-4-5-7-19(15)24(25)26;1-4(2)3-5/h4-9,11,13,18,20,22H,10,12H2,1-3H3;3-4H,1-2H3. The van der Waals surface area contributed by atoms with Crippen molar-refractivity contribution in [1.82, 2.24) is 10.2 Å². The van der Waals surface area contributed by atoms with Crippen LogP contribution in [0.4, 0.5) is 5.69 Å². The Hall–Kier alpha value is -2.44. The molecule has 3 rings (SSSR count). The average Bonchev–Trinajstić information content (AvgIpc) is 2.99. The van der Waals surface area contributed by atoms with Gasteiger partial charge in [0.15, 0.2) is 0 Å². The highest BCUT2D eigenvalue weighted by Gasteiger charge is 2.38. The molecule has 1 heterocycles. The number of aldehydes is 1. The van der Waals surface area contributed by atoms with E-state index in [-0.39, 0.29) is 28.5 Å². The summed E-state index contributed by atoms with van der Waals surface area (Å²) in [6, 6.07) is 7.47. The number of allylic oxidation sites excluding steroid dienone is 3. The van der Waals surface area contributed by atoms with Gasteiger partial charge in [-0.1, -0.05) is 55.8 Å². The molecule has 0 saturated heterocycles. The second kappa shape index (κ2) is 11.3. The van der Waals surface area contributed by atoms with Gasteiger partial charge in [0.25, 0.3) is 5.69 Å². The Bertz CT molecular complexity index is 892. The van der Waals surface area contributed by atoms with Gasteiger partial charge in [0.2, 0.25) is 0 Å². The third-order valence-electron chi connectivity index (χ3n) is 5.64. The summed E-state index contributed by atoms with van der Waals surface area (Å²) in [5, 5.41) is 15.4. The van der Waals surface area contributed by atoms with Gasteiger partial charge in [0.05, 0.1) is 17.5 Å². The second-order valence-corrected chi connectivity index (χ2v) is 8.76. The summed E-state index contributed by atoms with van der Waals surface area (Å²) in [6.07, 6.45) is 7.98.